The van der Waals surface area contributed by atoms with Crippen LogP contribution in [0.3, 0.4) is 0 Å². The zero-order valence-corrected chi connectivity index (χ0v) is 11.1. The minimum Gasteiger partial charge on any atom is -0.309 e. The van der Waals surface area contributed by atoms with E-state index in [9.17, 15) is 0 Å². The molecule has 1 saturated carbocycles. The first-order valence-corrected chi connectivity index (χ1v) is 7.28. The van der Waals surface area contributed by atoms with E-state index in [0.717, 1.165) is 18.9 Å². The summed E-state index contributed by atoms with van der Waals surface area (Å²) >= 11 is 1.84. The first-order chi connectivity index (χ1) is 7.79. The third-order valence-electron chi connectivity index (χ3n) is 3.61. The Morgan fingerprint density at radius 3 is 2.88 bits per heavy atom. The monoisotopic (exact) mass is 238 g/mol. The Labute approximate surface area is 102 Å². The zero-order valence-electron chi connectivity index (χ0n) is 10.3. The molecule has 1 N–H and O–H groups in total. The van der Waals surface area contributed by atoms with Crippen LogP contribution >= 0.6 is 11.3 Å². The van der Waals surface area contributed by atoms with E-state index in [4.69, 9.17) is 0 Å². The van der Waals surface area contributed by atoms with Crippen LogP contribution in [0.25, 0.3) is 0 Å². The molecule has 0 aliphatic heterocycles. The van der Waals surface area contributed by atoms with E-state index in [1.165, 1.54) is 35.6 Å². The third-order valence-corrected chi connectivity index (χ3v) is 4.75. The van der Waals surface area contributed by atoms with Gasteiger partial charge in [0.15, 0.2) is 0 Å². The lowest BCUT2D eigenvalue weighted by atomic mass is 10.00. The van der Waals surface area contributed by atoms with Crippen molar-refractivity contribution in [2.24, 2.45) is 5.92 Å². The predicted octanol–water partition coefficient (Wildman–Crippen LogP) is 3.37. The molecule has 16 heavy (non-hydrogen) atoms. The molecule has 2 rings (SSSR count). The lowest BCUT2D eigenvalue weighted by Crippen LogP contribution is -2.31. The number of aromatic nitrogens is 1. The molecule has 1 aliphatic rings. The maximum Gasteiger partial charge on any atom is 0.0925 e. The van der Waals surface area contributed by atoms with Crippen molar-refractivity contribution in [2.75, 3.05) is 0 Å². The van der Waals surface area contributed by atoms with Gasteiger partial charge < -0.3 is 5.32 Å². The highest BCUT2D eigenvalue weighted by Crippen LogP contribution is 2.27. The van der Waals surface area contributed by atoms with Gasteiger partial charge >= 0.3 is 0 Å². The van der Waals surface area contributed by atoms with E-state index < -0.39 is 0 Å². The highest BCUT2D eigenvalue weighted by molar-refractivity contribution is 7.11. The van der Waals surface area contributed by atoms with Crippen molar-refractivity contribution in [3.63, 3.8) is 0 Å². The summed E-state index contributed by atoms with van der Waals surface area (Å²) in [7, 11) is 0. The van der Waals surface area contributed by atoms with Crippen LogP contribution in [0, 0.1) is 5.92 Å². The summed E-state index contributed by atoms with van der Waals surface area (Å²) in [4.78, 5) is 5.77. The van der Waals surface area contributed by atoms with Gasteiger partial charge in [0.25, 0.3) is 0 Å². The third kappa shape index (κ3) is 3.05. The number of hydrogen-bond donors (Lipinski definition) is 1. The summed E-state index contributed by atoms with van der Waals surface area (Å²) in [5.74, 6) is 0.901. The topological polar surface area (TPSA) is 24.9 Å². The van der Waals surface area contributed by atoms with E-state index in [0.29, 0.717) is 6.04 Å². The first kappa shape index (κ1) is 12.1. The number of nitrogens with one attached hydrogen (secondary N) is 1. The summed E-state index contributed by atoms with van der Waals surface area (Å²) in [6.45, 7) is 5.49. The van der Waals surface area contributed by atoms with Gasteiger partial charge in [-0.1, -0.05) is 19.8 Å². The molecule has 0 spiro atoms. The van der Waals surface area contributed by atoms with Crippen LogP contribution in [0.4, 0.5) is 0 Å². The molecule has 1 fully saturated rings. The fraction of sp³-hybridized carbons (Fsp3) is 0.769. The molecule has 0 aromatic carbocycles. The zero-order chi connectivity index (χ0) is 11.4. The van der Waals surface area contributed by atoms with Crippen molar-refractivity contribution in [1.82, 2.24) is 10.3 Å². The summed E-state index contributed by atoms with van der Waals surface area (Å²) in [5, 5.41) is 4.90. The van der Waals surface area contributed by atoms with Crippen molar-refractivity contribution >= 4 is 11.3 Å². The van der Waals surface area contributed by atoms with Crippen LogP contribution < -0.4 is 5.32 Å². The smallest absolute Gasteiger partial charge is 0.0925 e. The van der Waals surface area contributed by atoms with E-state index >= 15 is 0 Å². The number of hydrogen-bond acceptors (Lipinski definition) is 3. The number of rotatable bonds is 5. The Morgan fingerprint density at radius 2 is 2.25 bits per heavy atom. The Kier molecular flexibility index (Phi) is 4.36. The molecular weight excluding hydrogens is 216 g/mol. The van der Waals surface area contributed by atoms with Gasteiger partial charge in [0.1, 0.15) is 0 Å². The van der Waals surface area contributed by atoms with Gasteiger partial charge in [0, 0.05) is 23.7 Å². The molecule has 0 unspecified atom stereocenters. The summed E-state index contributed by atoms with van der Waals surface area (Å²) < 4.78 is 0. The average Bonchev–Trinajstić information content (AvgIpc) is 2.96. The van der Waals surface area contributed by atoms with Gasteiger partial charge in [-0.3, -0.25) is 0 Å². The van der Waals surface area contributed by atoms with Crippen LogP contribution in [0.1, 0.15) is 49.4 Å². The summed E-state index contributed by atoms with van der Waals surface area (Å²) in [5.41, 5.74) is 0. The van der Waals surface area contributed by atoms with Crippen LogP contribution in [-0.4, -0.2) is 11.0 Å². The normalized spacial score (nSPS) is 19.1. The van der Waals surface area contributed by atoms with Crippen LogP contribution in [0.2, 0.25) is 0 Å². The molecule has 2 nitrogen and oxygen atoms in total. The molecule has 0 radical (unpaired) electrons. The van der Waals surface area contributed by atoms with Gasteiger partial charge in [-0.15, -0.1) is 11.3 Å². The van der Waals surface area contributed by atoms with Gasteiger partial charge in [0.05, 0.1) is 5.01 Å². The second kappa shape index (κ2) is 5.78. The van der Waals surface area contributed by atoms with E-state index in [1.807, 2.05) is 17.5 Å². The molecule has 0 bridgehead atoms. The lowest BCUT2D eigenvalue weighted by molar-refractivity contribution is 0.381. The van der Waals surface area contributed by atoms with Crippen molar-refractivity contribution in [3.05, 3.63) is 16.1 Å². The van der Waals surface area contributed by atoms with Gasteiger partial charge in [-0.2, -0.15) is 0 Å². The van der Waals surface area contributed by atoms with Gasteiger partial charge in [0.2, 0.25) is 0 Å². The quantitative estimate of drug-likeness (QED) is 0.850. The van der Waals surface area contributed by atoms with Crippen LogP contribution in [0.15, 0.2) is 6.20 Å². The number of thiazole rings is 1. The number of aryl methyl sites for hydroxylation is 1. The molecule has 1 atom stereocenters. The molecule has 1 heterocycles. The maximum absolute atomic E-state index is 4.39. The highest BCUT2D eigenvalue weighted by atomic mass is 32.1. The summed E-state index contributed by atoms with van der Waals surface area (Å²) in [6, 6.07) is 0.662. The van der Waals surface area contributed by atoms with Crippen molar-refractivity contribution in [2.45, 2.75) is 58.5 Å². The Bertz CT molecular complexity index is 315. The standard InChI is InChI=1S/C13H22N2S/c1-3-13-15-9-12(16-13)8-14-10(2)11-6-4-5-7-11/h9-11,14H,3-8H2,1-2H3/t10-/m0/s1. The van der Waals surface area contributed by atoms with Crippen molar-refractivity contribution in [3.8, 4) is 0 Å². The fourth-order valence-electron chi connectivity index (χ4n) is 2.48. The fourth-order valence-corrected chi connectivity index (χ4v) is 3.29. The maximum atomic E-state index is 4.39. The number of nitrogens with zero attached hydrogens (tertiary/aromatic N) is 1. The van der Waals surface area contributed by atoms with Crippen molar-refractivity contribution < 1.29 is 0 Å². The highest BCUT2D eigenvalue weighted by Gasteiger charge is 2.20. The Balaban J connectivity index is 1.77. The minimum atomic E-state index is 0.662. The second-order valence-electron chi connectivity index (χ2n) is 4.79. The van der Waals surface area contributed by atoms with Crippen LogP contribution in [-0.2, 0) is 13.0 Å². The van der Waals surface area contributed by atoms with Crippen LogP contribution in [0.5, 0.6) is 0 Å². The molecule has 1 aliphatic carbocycles. The second-order valence-corrected chi connectivity index (χ2v) is 5.99. The molecule has 0 saturated heterocycles. The van der Waals surface area contributed by atoms with E-state index in [1.54, 1.807) is 0 Å². The molecule has 1 aromatic rings. The molecule has 90 valence electrons. The van der Waals surface area contributed by atoms with Crippen molar-refractivity contribution in [1.29, 1.82) is 0 Å². The van der Waals surface area contributed by atoms with Gasteiger partial charge in [-0.05, 0) is 32.1 Å². The lowest BCUT2D eigenvalue weighted by Gasteiger charge is -2.19. The minimum absolute atomic E-state index is 0.662. The molecular formula is C13H22N2S. The van der Waals surface area contributed by atoms with E-state index in [-0.39, 0.29) is 0 Å². The SMILES string of the molecule is CCc1ncc(CN[C@@H](C)C2CCCC2)s1. The largest absolute Gasteiger partial charge is 0.309 e. The Hall–Kier alpha value is -0.410. The molecule has 3 heteroatoms. The Morgan fingerprint density at radius 1 is 1.50 bits per heavy atom. The average molecular weight is 238 g/mol. The first-order valence-electron chi connectivity index (χ1n) is 6.46. The summed E-state index contributed by atoms with van der Waals surface area (Å²) in [6.07, 6.45) is 8.77. The van der Waals surface area contributed by atoms with E-state index in [2.05, 4.69) is 24.1 Å². The van der Waals surface area contributed by atoms with Gasteiger partial charge in [-0.25, -0.2) is 4.98 Å². The molecule has 0 amide bonds. The molecule has 1 aromatic heterocycles. The predicted molar refractivity (Wildman–Crippen MR) is 69.8 cm³/mol.